The predicted molar refractivity (Wildman–Crippen MR) is 73.6 cm³/mol. The average molecular weight is 257 g/mol. The van der Waals surface area contributed by atoms with E-state index in [0.717, 1.165) is 16.0 Å². The van der Waals surface area contributed by atoms with E-state index in [1.54, 1.807) is 17.8 Å². The van der Waals surface area contributed by atoms with Crippen molar-refractivity contribution in [3.05, 3.63) is 60.0 Å². The topological polar surface area (TPSA) is 15.8 Å². The first-order valence-corrected chi connectivity index (χ1v) is 6.56. The van der Waals surface area contributed by atoms with Gasteiger partial charge in [-0.15, -0.1) is 0 Å². The molecule has 0 aliphatic carbocycles. The number of halogens is 1. The minimum atomic E-state index is -0.184. The third-order valence-electron chi connectivity index (χ3n) is 2.91. The number of aryl methyl sites for hydroxylation is 1. The van der Waals surface area contributed by atoms with Crippen LogP contribution >= 0.6 is 11.8 Å². The van der Waals surface area contributed by atoms with Crippen LogP contribution < -0.4 is 0 Å². The van der Waals surface area contributed by atoms with Crippen LogP contribution in [0.15, 0.2) is 58.5 Å². The van der Waals surface area contributed by atoms with Gasteiger partial charge in [-0.05, 0) is 36.8 Å². The monoisotopic (exact) mass is 257 g/mol. The van der Waals surface area contributed by atoms with Crippen molar-refractivity contribution < 1.29 is 4.39 Å². The molecule has 1 N–H and O–H groups in total. The summed E-state index contributed by atoms with van der Waals surface area (Å²) in [6, 6.07) is 13.1. The van der Waals surface area contributed by atoms with E-state index in [1.807, 2.05) is 31.3 Å². The van der Waals surface area contributed by atoms with Crippen LogP contribution in [0.25, 0.3) is 10.9 Å². The van der Waals surface area contributed by atoms with Crippen LogP contribution in [-0.2, 0) is 0 Å². The Morgan fingerprint density at radius 2 is 1.89 bits per heavy atom. The molecule has 0 aliphatic rings. The zero-order valence-corrected chi connectivity index (χ0v) is 10.7. The van der Waals surface area contributed by atoms with Crippen LogP contribution in [0.3, 0.4) is 0 Å². The van der Waals surface area contributed by atoms with E-state index < -0.39 is 0 Å². The van der Waals surface area contributed by atoms with Gasteiger partial charge in [-0.3, -0.25) is 0 Å². The Morgan fingerprint density at radius 1 is 1.06 bits per heavy atom. The summed E-state index contributed by atoms with van der Waals surface area (Å²) in [5.41, 5.74) is 2.09. The van der Waals surface area contributed by atoms with Crippen molar-refractivity contribution >= 4 is 22.7 Å². The molecule has 0 amide bonds. The Labute approximate surface area is 109 Å². The fourth-order valence-electron chi connectivity index (χ4n) is 1.98. The van der Waals surface area contributed by atoms with Gasteiger partial charge in [0.2, 0.25) is 0 Å². The van der Waals surface area contributed by atoms with Gasteiger partial charge >= 0.3 is 0 Å². The maximum atomic E-state index is 13.1. The molecular weight excluding hydrogens is 245 g/mol. The number of fused-ring (bicyclic) bond motifs is 1. The van der Waals surface area contributed by atoms with Crippen molar-refractivity contribution in [2.45, 2.75) is 16.7 Å². The second-order valence-electron chi connectivity index (χ2n) is 4.21. The third kappa shape index (κ3) is 2.02. The van der Waals surface area contributed by atoms with E-state index in [2.05, 4.69) is 17.1 Å². The minimum absolute atomic E-state index is 0.184. The van der Waals surface area contributed by atoms with E-state index in [0.29, 0.717) is 0 Å². The molecule has 0 atom stereocenters. The number of aromatic nitrogens is 1. The third-order valence-corrected chi connectivity index (χ3v) is 4.14. The molecule has 3 aromatic rings. The van der Waals surface area contributed by atoms with Crippen LogP contribution in [-0.4, -0.2) is 4.98 Å². The maximum Gasteiger partial charge on any atom is 0.123 e. The summed E-state index contributed by atoms with van der Waals surface area (Å²) in [5, 5.41) is 1.20. The average Bonchev–Trinajstić information content (AvgIpc) is 2.76. The molecule has 0 bridgehead atoms. The highest BCUT2D eigenvalue weighted by Gasteiger charge is 2.07. The maximum absolute atomic E-state index is 13.1. The lowest BCUT2D eigenvalue weighted by Gasteiger charge is -2.04. The Balaban J connectivity index is 2.01. The molecule has 3 heteroatoms. The number of H-pyrrole nitrogens is 1. The number of para-hydroxylation sites is 1. The highest BCUT2D eigenvalue weighted by atomic mass is 32.2. The normalized spacial score (nSPS) is 11.0. The van der Waals surface area contributed by atoms with Gasteiger partial charge in [0.1, 0.15) is 5.82 Å². The summed E-state index contributed by atoms with van der Waals surface area (Å²) >= 11 is 1.66. The van der Waals surface area contributed by atoms with Crippen LogP contribution in [0.4, 0.5) is 4.39 Å². The van der Waals surface area contributed by atoms with Gasteiger partial charge in [0, 0.05) is 26.9 Å². The molecule has 3 rings (SSSR count). The lowest BCUT2D eigenvalue weighted by Crippen LogP contribution is -1.81. The van der Waals surface area contributed by atoms with Crippen molar-refractivity contribution in [2.24, 2.45) is 0 Å². The Morgan fingerprint density at radius 3 is 2.72 bits per heavy atom. The molecule has 90 valence electrons. The minimum Gasteiger partial charge on any atom is -0.360 e. The molecular formula is C15H12FNS. The molecule has 1 aromatic heterocycles. The number of aromatic amines is 1. The summed E-state index contributed by atoms with van der Waals surface area (Å²) in [6.45, 7) is 1.93. The predicted octanol–water partition coefficient (Wildman–Crippen LogP) is 4.77. The molecule has 1 heterocycles. The second kappa shape index (κ2) is 4.50. The first kappa shape index (κ1) is 11.4. The van der Waals surface area contributed by atoms with Crippen molar-refractivity contribution in [3.8, 4) is 0 Å². The first-order chi connectivity index (χ1) is 8.74. The molecule has 0 aliphatic heterocycles. The fraction of sp³-hybridized carbons (Fsp3) is 0.0667. The summed E-state index contributed by atoms with van der Waals surface area (Å²) in [7, 11) is 0. The van der Waals surface area contributed by atoms with Gasteiger partial charge < -0.3 is 4.98 Å². The lowest BCUT2D eigenvalue weighted by atomic mass is 10.2. The molecule has 0 spiro atoms. The van der Waals surface area contributed by atoms with Gasteiger partial charge in [-0.2, -0.15) is 0 Å². The van der Waals surface area contributed by atoms with E-state index in [1.165, 1.54) is 16.3 Å². The van der Waals surface area contributed by atoms with Gasteiger partial charge in [0.25, 0.3) is 0 Å². The van der Waals surface area contributed by atoms with Crippen LogP contribution in [0.5, 0.6) is 0 Å². The Hall–Kier alpha value is -1.74. The molecule has 0 saturated carbocycles. The quantitative estimate of drug-likeness (QED) is 0.699. The van der Waals surface area contributed by atoms with E-state index in [4.69, 9.17) is 0 Å². The standard InChI is InChI=1S/C15H12FNS/c1-10-8-11(16)6-7-14(10)18-15-9-17-13-5-3-2-4-12(13)15/h2-9,17H,1H3. The molecule has 18 heavy (non-hydrogen) atoms. The van der Waals surface area contributed by atoms with E-state index in [9.17, 15) is 4.39 Å². The smallest absolute Gasteiger partial charge is 0.123 e. The largest absolute Gasteiger partial charge is 0.360 e. The zero-order chi connectivity index (χ0) is 12.5. The van der Waals surface area contributed by atoms with Gasteiger partial charge in [-0.25, -0.2) is 4.39 Å². The molecule has 1 nitrogen and oxygen atoms in total. The summed E-state index contributed by atoms with van der Waals surface area (Å²) in [4.78, 5) is 5.50. The highest BCUT2D eigenvalue weighted by Crippen LogP contribution is 2.35. The number of hydrogen-bond acceptors (Lipinski definition) is 1. The number of nitrogens with one attached hydrogen (secondary N) is 1. The highest BCUT2D eigenvalue weighted by molar-refractivity contribution is 7.99. The first-order valence-electron chi connectivity index (χ1n) is 5.74. The van der Waals surface area contributed by atoms with Crippen LogP contribution in [0.1, 0.15) is 5.56 Å². The SMILES string of the molecule is Cc1cc(F)ccc1Sc1c[nH]c2ccccc12. The van der Waals surface area contributed by atoms with E-state index >= 15 is 0 Å². The number of benzene rings is 2. The van der Waals surface area contributed by atoms with Crippen molar-refractivity contribution in [2.75, 3.05) is 0 Å². The van der Waals surface area contributed by atoms with Crippen molar-refractivity contribution in [3.63, 3.8) is 0 Å². The van der Waals surface area contributed by atoms with Gasteiger partial charge in [-0.1, -0.05) is 30.0 Å². The zero-order valence-electron chi connectivity index (χ0n) is 9.91. The molecule has 0 radical (unpaired) electrons. The van der Waals surface area contributed by atoms with Crippen molar-refractivity contribution in [1.29, 1.82) is 0 Å². The van der Waals surface area contributed by atoms with Crippen molar-refractivity contribution in [1.82, 2.24) is 4.98 Å². The van der Waals surface area contributed by atoms with Gasteiger partial charge in [0.15, 0.2) is 0 Å². The van der Waals surface area contributed by atoms with Crippen LogP contribution in [0, 0.1) is 12.7 Å². The second-order valence-corrected chi connectivity index (χ2v) is 5.29. The summed E-state index contributed by atoms with van der Waals surface area (Å²) in [6.07, 6.45) is 2.00. The Kier molecular flexibility index (Phi) is 2.84. The molecule has 2 aromatic carbocycles. The molecule has 0 saturated heterocycles. The fourth-order valence-corrected chi connectivity index (χ4v) is 2.97. The van der Waals surface area contributed by atoms with E-state index in [-0.39, 0.29) is 5.82 Å². The summed E-state index contributed by atoms with van der Waals surface area (Å²) in [5.74, 6) is -0.184. The lowest BCUT2D eigenvalue weighted by molar-refractivity contribution is 0.625. The Bertz CT molecular complexity index is 703. The number of rotatable bonds is 2. The number of hydrogen-bond donors (Lipinski definition) is 1. The molecule has 0 fully saturated rings. The summed E-state index contributed by atoms with van der Waals surface area (Å²) < 4.78 is 13.1. The van der Waals surface area contributed by atoms with Gasteiger partial charge in [0.05, 0.1) is 0 Å². The molecule has 0 unspecified atom stereocenters. The van der Waals surface area contributed by atoms with Crippen LogP contribution in [0.2, 0.25) is 0 Å².